The molecule has 0 aliphatic heterocycles. The van der Waals surface area contributed by atoms with Crippen LogP contribution in [0.25, 0.3) is 22.5 Å². The highest BCUT2D eigenvalue weighted by atomic mass is 35.5. The summed E-state index contributed by atoms with van der Waals surface area (Å²) < 4.78 is 2.29. The minimum atomic E-state index is -0.846. The van der Waals surface area contributed by atoms with Crippen molar-refractivity contribution in [3.8, 4) is 22.5 Å². The smallest absolute Gasteiger partial charge is 0.205 e. The lowest BCUT2D eigenvalue weighted by Gasteiger charge is -2.34. The lowest BCUT2D eigenvalue weighted by molar-refractivity contribution is 0.395. The molecule has 0 amide bonds. The Morgan fingerprint density at radius 3 is 1.90 bits per heavy atom. The fourth-order valence-electron chi connectivity index (χ4n) is 6.92. The Labute approximate surface area is 299 Å². The van der Waals surface area contributed by atoms with Crippen LogP contribution in [0.1, 0.15) is 66.0 Å². The van der Waals surface area contributed by atoms with E-state index in [0.717, 1.165) is 77.1 Å². The summed E-state index contributed by atoms with van der Waals surface area (Å²) >= 11 is 6.57. The molecule has 0 aliphatic rings. The van der Waals surface area contributed by atoms with E-state index in [2.05, 4.69) is 141 Å². The minimum Gasteiger partial charge on any atom is -0.326 e. The lowest BCUT2D eigenvalue weighted by atomic mass is 9.77. The van der Waals surface area contributed by atoms with Crippen LogP contribution in [0.15, 0.2) is 133 Å². The van der Waals surface area contributed by atoms with E-state index in [1.165, 1.54) is 11.1 Å². The standard InChI is InChI=1S/C43H41ClN6/c1-4-6-21-40-45-41(44)39(5-2)49(40)30-32-24-26-33(27-25-32)37-19-13-14-20-38(37)42-46-48-50(47-42)43(34-15-9-7-10-16-34,35-17-11-8-12-18-35)36-28-22-31(3)23-29-36/h7-20,22-29H,4-6,21,30H2,1-3H3. The van der Waals surface area contributed by atoms with E-state index in [4.69, 9.17) is 32.0 Å². The summed E-state index contributed by atoms with van der Waals surface area (Å²) in [7, 11) is 0. The number of hydrogen-bond donors (Lipinski definition) is 0. The third-order valence-corrected chi connectivity index (χ3v) is 9.83. The van der Waals surface area contributed by atoms with E-state index < -0.39 is 5.54 Å². The number of imidazole rings is 1. The van der Waals surface area contributed by atoms with Crippen molar-refractivity contribution in [1.29, 1.82) is 0 Å². The maximum Gasteiger partial charge on any atom is 0.205 e. The Hall–Kier alpha value is -5.33. The van der Waals surface area contributed by atoms with Crippen LogP contribution in [0.4, 0.5) is 0 Å². The summed E-state index contributed by atoms with van der Waals surface area (Å²) in [4.78, 5) is 6.50. The van der Waals surface area contributed by atoms with E-state index >= 15 is 0 Å². The monoisotopic (exact) mass is 676 g/mol. The van der Waals surface area contributed by atoms with Gasteiger partial charge in [0.2, 0.25) is 5.82 Å². The molecule has 0 bridgehead atoms. The minimum absolute atomic E-state index is 0.564. The van der Waals surface area contributed by atoms with Crippen LogP contribution in [0.5, 0.6) is 0 Å². The second-order valence-corrected chi connectivity index (χ2v) is 13.1. The quantitative estimate of drug-likeness (QED) is 0.121. The van der Waals surface area contributed by atoms with Gasteiger partial charge in [-0.2, -0.15) is 0 Å². The molecule has 7 rings (SSSR count). The molecule has 0 radical (unpaired) electrons. The maximum absolute atomic E-state index is 6.57. The van der Waals surface area contributed by atoms with Crippen molar-refractivity contribution in [3.05, 3.63) is 178 Å². The SMILES string of the molecule is CCCCc1nc(Cl)c(CC)n1Cc1ccc(-c2ccccc2-c2nnn(C(c3ccccc3)(c3ccccc3)c3ccc(C)cc3)n2)cc1. The normalized spacial score (nSPS) is 11.6. The molecule has 5 aromatic carbocycles. The second-order valence-electron chi connectivity index (χ2n) is 12.8. The highest BCUT2D eigenvalue weighted by Crippen LogP contribution is 2.40. The molecule has 0 fully saturated rings. The predicted octanol–water partition coefficient (Wildman–Crippen LogP) is 9.96. The van der Waals surface area contributed by atoms with Crippen molar-refractivity contribution in [1.82, 2.24) is 29.8 Å². The molecule has 0 N–H and O–H groups in total. The van der Waals surface area contributed by atoms with Crippen LogP contribution < -0.4 is 0 Å². The van der Waals surface area contributed by atoms with Crippen LogP contribution in [-0.4, -0.2) is 29.8 Å². The average molecular weight is 677 g/mol. The van der Waals surface area contributed by atoms with Crippen LogP contribution in [0.2, 0.25) is 5.15 Å². The summed E-state index contributed by atoms with van der Waals surface area (Å²) in [6.45, 7) is 7.18. The maximum atomic E-state index is 6.57. The number of rotatable bonds is 12. The van der Waals surface area contributed by atoms with Gasteiger partial charge in [0.25, 0.3) is 0 Å². The lowest BCUT2D eigenvalue weighted by Crippen LogP contribution is -2.39. The van der Waals surface area contributed by atoms with Gasteiger partial charge in [0.15, 0.2) is 10.7 Å². The summed E-state index contributed by atoms with van der Waals surface area (Å²) in [5.41, 5.74) is 8.83. The van der Waals surface area contributed by atoms with Crippen molar-refractivity contribution >= 4 is 11.6 Å². The highest BCUT2D eigenvalue weighted by Gasteiger charge is 2.41. The molecule has 0 saturated carbocycles. The first kappa shape index (κ1) is 33.2. The number of tetrazole rings is 1. The van der Waals surface area contributed by atoms with E-state index in [9.17, 15) is 0 Å². The molecular weight excluding hydrogens is 636 g/mol. The second kappa shape index (κ2) is 14.7. The van der Waals surface area contributed by atoms with E-state index in [-0.39, 0.29) is 0 Å². The molecule has 2 aromatic heterocycles. The molecule has 2 heterocycles. The molecule has 7 aromatic rings. The van der Waals surface area contributed by atoms with Crippen molar-refractivity contribution in [2.75, 3.05) is 0 Å². The molecule has 0 aliphatic carbocycles. The topological polar surface area (TPSA) is 61.4 Å². The first-order chi connectivity index (χ1) is 24.5. The zero-order chi connectivity index (χ0) is 34.5. The van der Waals surface area contributed by atoms with E-state index in [0.29, 0.717) is 11.0 Å². The molecule has 0 saturated heterocycles. The van der Waals surface area contributed by atoms with Crippen LogP contribution in [-0.2, 0) is 24.9 Å². The number of aromatic nitrogens is 6. The number of aryl methyl sites for hydroxylation is 2. The molecule has 6 nitrogen and oxygen atoms in total. The van der Waals surface area contributed by atoms with Crippen LogP contribution in [0.3, 0.4) is 0 Å². The molecule has 50 heavy (non-hydrogen) atoms. The number of benzene rings is 5. The summed E-state index contributed by atoms with van der Waals surface area (Å²) in [5, 5.41) is 15.3. The highest BCUT2D eigenvalue weighted by molar-refractivity contribution is 6.30. The van der Waals surface area contributed by atoms with Gasteiger partial charge in [-0.05, 0) is 58.4 Å². The number of unbranched alkanes of at least 4 members (excludes halogenated alkanes) is 1. The van der Waals surface area contributed by atoms with Gasteiger partial charge in [0, 0.05) is 18.5 Å². The van der Waals surface area contributed by atoms with E-state index in [1.807, 2.05) is 18.2 Å². The Balaban J connectivity index is 1.28. The fraction of sp³-hybridized carbons (Fsp3) is 0.209. The molecular formula is C43H41ClN6. The number of hydrogen-bond acceptors (Lipinski definition) is 4. The first-order valence-corrected chi connectivity index (χ1v) is 17.8. The largest absolute Gasteiger partial charge is 0.326 e. The third-order valence-electron chi connectivity index (χ3n) is 9.53. The Bertz CT molecular complexity index is 2130. The fourth-order valence-corrected chi connectivity index (χ4v) is 7.25. The summed E-state index contributed by atoms with van der Waals surface area (Å²) in [6.07, 6.45) is 3.98. The molecule has 0 atom stereocenters. The summed E-state index contributed by atoms with van der Waals surface area (Å²) in [5.74, 6) is 1.62. The zero-order valence-corrected chi connectivity index (χ0v) is 29.6. The van der Waals surface area contributed by atoms with Crippen molar-refractivity contribution in [2.24, 2.45) is 0 Å². The van der Waals surface area contributed by atoms with Gasteiger partial charge in [-0.25, -0.2) is 4.98 Å². The number of halogens is 1. The van der Waals surface area contributed by atoms with Crippen LogP contribution >= 0.6 is 11.6 Å². The van der Waals surface area contributed by atoms with Crippen molar-refractivity contribution in [2.45, 2.75) is 58.5 Å². The summed E-state index contributed by atoms with van der Waals surface area (Å²) in [6, 6.07) is 46.5. The van der Waals surface area contributed by atoms with E-state index in [1.54, 1.807) is 4.80 Å². The molecule has 250 valence electrons. The predicted molar refractivity (Wildman–Crippen MR) is 202 cm³/mol. The van der Waals surface area contributed by atoms with Gasteiger partial charge in [-0.1, -0.05) is 171 Å². The zero-order valence-electron chi connectivity index (χ0n) is 28.8. The Morgan fingerprint density at radius 1 is 0.680 bits per heavy atom. The Morgan fingerprint density at radius 2 is 1.28 bits per heavy atom. The molecule has 0 unspecified atom stereocenters. The van der Waals surface area contributed by atoms with Gasteiger partial charge < -0.3 is 4.57 Å². The number of nitrogens with zero attached hydrogens (tertiary/aromatic N) is 6. The Kier molecular flexibility index (Phi) is 9.72. The average Bonchev–Trinajstić information content (AvgIpc) is 3.77. The third kappa shape index (κ3) is 6.27. The first-order valence-electron chi connectivity index (χ1n) is 17.4. The molecule has 7 heteroatoms. The van der Waals surface area contributed by atoms with Gasteiger partial charge >= 0.3 is 0 Å². The van der Waals surface area contributed by atoms with Gasteiger partial charge in [-0.15, -0.1) is 15.0 Å². The van der Waals surface area contributed by atoms with Crippen molar-refractivity contribution in [3.63, 3.8) is 0 Å². The van der Waals surface area contributed by atoms with Gasteiger partial charge in [-0.3, -0.25) is 0 Å². The van der Waals surface area contributed by atoms with Gasteiger partial charge in [0.1, 0.15) is 5.82 Å². The molecule has 0 spiro atoms. The van der Waals surface area contributed by atoms with Gasteiger partial charge in [0.05, 0.1) is 5.69 Å². The van der Waals surface area contributed by atoms with Crippen LogP contribution in [0, 0.1) is 6.92 Å². The van der Waals surface area contributed by atoms with Crippen molar-refractivity contribution < 1.29 is 0 Å².